The summed E-state index contributed by atoms with van der Waals surface area (Å²) in [4.78, 5) is 0. The maximum absolute atomic E-state index is 5.84. The smallest absolute Gasteiger partial charge is 0.248 e. The zero-order chi connectivity index (χ0) is 21.2. The molecule has 152 valence electrons. The van der Waals surface area contributed by atoms with Gasteiger partial charge in [0.1, 0.15) is 5.75 Å². The first kappa shape index (κ1) is 21.2. The second-order valence-corrected chi connectivity index (χ2v) is 7.14. The Morgan fingerprint density at radius 1 is 0.800 bits per heavy atom. The first-order chi connectivity index (χ1) is 14.7. The summed E-state index contributed by atoms with van der Waals surface area (Å²) in [7, 11) is 0. The van der Waals surface area contributed by atoms with E-state index in [0.29, 0.717) is 28.5 Å². The summed E-state index contributed by atoms with van der Waals surface area (Å²) in [6.07, 6.45) is 18.5. The average Bonchev–Trinajstić information content (AvgIpc) is 3.29. The van der Waals surface area contributed by atoms with Crippen molar-refractivity contribution in [2.45, 2.75) is 45.4 Å². The third kappa shape index (κ3) is 5.75. The fraction of sp³-hybridized carbons (Fsp3) is 0.308. The van der Waals surface area contributed by atoms with Gasteiger partial charge in [0.2, 0.25) is 11.8 Å². The van der Waals surface area contributed by atoms with Crippen molar-refractivity contribution in [1.82, 2.24) is 10.2 Å². The van der Waals surface area contributed by atoms with E-state index in [4.69, 9.17) is 22.0 Å². The van der Waals surface area contributed by atoms with E-state index in [9.17, 15) is 0 Å². The van der Waals surface area contributed by atoms with Crippen LogP contribution in [0.15, 0.2) is 46.9 Å². The second kappa shape index (κ2) is 10.9. The van der Waals surface area contributed by atoms with Gasteiger partial charge >= 0.3 is 0 Å². The number of hydrogen-bond donors (Lipinski definition) is 0. The van der Waals surface area contributed by atoms with Crippen LogP contribution in [0.3, 0.4) is 0 Å². The van der Waals surface area contributed by atoms with Crippen molar-refractivity contribution in [2.75, 3.05) is 6.61 Å². The van der Waals surface area contributed by atoms with Crippen LogP contribution >= 0.6 is 0 Å². The van der Waals surface area contributed by atoms with Crippen molar-refractivity contribution < 1.29 is 9.15 Å². The topological polar surface area (TPSA) is 48.2 Å². The molecule has 0 saturated carbocycles. The summed E-state index contributed by atoms with van der Waals surface area (Å²) in [6.45, 7) is 2.97. The Hall–Kier alpha value is -3.50. The van der Waals surface area contributed by atoms with Crippen LogP contribution in [0.5, 0.6) is 5.75 Å². The Bertz CT molecular complexity index is 1000. The Labute approximate surface area is 178 Å². The number of unbranched alkanes of at least 4 members (excludes halogenated alkanes) is 5. The van der Waals surface area contributed by atoms with Gasteiger partial charge < -0.3 is 9.15 Å². The maximum atomic E-state index is 5.84. The van der Waals surface area contributed by atoms with Crippen LogP contribution in [-0.4, -0.2) is 16.8 Å². The lowest BCUT2D eigenvalue weighted by Gasteiger charge is -2.06. The minimum absolute atomic E-state index is 0.377. The van der Waals surface area contributed by atoms with Gasteiger partial charge in [0.25, 0.3) is 0 Å². The lowest BCUT2D eigenvalue weighted by molar-refractivity contribution is 0.304. The van der Waals surface area contributed by atoms with Crippen molar-refractivity contribution in [2.24, 2.45) is 0 Å². The molecule has 0 aliphatic rings. The van der Waals surface area contributed by atoms with E-state index in [2.05, 4.69) is 29.0 Å². The molecule has 0 aliphatic carbocycles. The number of aromatic nitrogens is 2. The number of terminal acetylenes is 2. The summed E-state index contributed by atoms with van der Waals surface area (Å²) in [6, 6.07) is 13.0. The van der Waals surface area contributed by atoms with Crippen LogP contribution in [-0.2, 0) is 0 Å². The molecule has 0 radical (unpaired) electrons. The van der Waals surface area contributed by atoms with E-state index in [0.717, 1.165) is 24.3 Å². The van der Waals surface area contributed by atoms with Crippen LogP contribution in [0, 0.1) is 24.7 Å². The molecule has 0 bridgehead atoms. The third-order valence-electron chi connectivity index (χ3n) is 4.81. The molecule has 30 heavy (non-hydrogen) atoms. The van der Waals surface area contributed by atoms with E-state index in [1.54, 1.807) is 18.2 Å². The Balaban J connectivity index is 1.60. The van der Waals surface area contributed by atoms with Crippen molar-refractivity contribution in [3.8, 4) is 53.3 Å². The maximum Gasteiger partial charge on any atom is 0.248 e. The van der Waals surface area contributed by atoms with Crippen LogP contribution in [0.4, 0.5) is 0 Å². The van der Waals surface area contributed by atoms with Gasteiger partial charge in [-0.1, -0.05) is 50.9 Å². The van der Waals surface area contributed by atoms with Gasteiger partial charge in [0, 0.05) is 22.3 Å². The van der Waals surface area contributed by atoms with E-state index >= 15 is 0 Å². The highest BCUT2D eigenvalue weighted by atomic mass is 16.5. The predicted octanol–water partition coefficient (Wildman–Crippen LogP) is 6.11. The highest BCUT2D eigenvalue weighted by Crippen LogP contribution is 2.26. The molecule has 4 heteroatoms. The van der Waals surface area contributed by atoms with Crippen LogP contribution in [0.2, 0.25) is 0 Å². The minimum Gasteiger partial charge on any atom is -0.494 e. The second-order valence-electron chi connectivity index (χ2n) is 7.14. The summed E-state index contributed by atoms with van der Waals surface area (Å²) in [5.74, 6) is 6.83. The Kier molecular flexibility index (Phi) is 7.70. The molecule has 0 aliphatic heterocycles. The van der Waals surface area contributed by atoms with Gasteiger partial charge in [0.05, 0.1) is 6.61 Å². The number of rotatable bonds is 10. The van der Waals surface area contributed by atoms with E-state index < -0.39 is 0 Å². The average molecular weight is 399 g/mol. The van der Waals surface area contributed by atoms with Crippen LogP contribution < -0.4 is 4.74 Å². The standard InChI is InChI=1S/C26H26N2O2/c1-4-7-8-9-10-11-16-29-24-14-12-22(13-15-24)25-27-28-26(30-25)23-18-20(5-2)17-21(6-3)19-23/h2-3,12-15,17-19H,4,7-11,16H2,1H3. The lowest BCUT2D eigenvalue weighted by atomic mass is 10.1. The molecule has 0 amide bonds. The summed E-state index contributed by atoms with van der Waals surface area (Å²) in [5, 5.41) is 8.30. The highest BCUT2D eigenvalue weighted by Gasteiger charge is 2.12. The van der Waals surface area contributed by atoms with E-state index in [1.807, 2.05) is 24.3 Å². The third-order valence-corrected chi connectivity index (χ3v) is 4.81. The molecule has 0 fully saturated rings. The van der Waals surface area contributed by atoms with Crippen LogP contribution in [0.1, 0.15) is 56.6 Å². The van der Waals surface area contributed by atoms with Gasteiger partial charge in [-0.15, -0.1) is 23.0 Å². The van der Waals surface area contributed by atoms with Gasteiger partial charge in [0.15, 0.2) is 0 Å². The predicted molar refractivity (Wildman–Crippen MR) is 120 cm³/mol. The number of benzene rings is 2. The number of nitrogens with zero attached hydrogens (tertiary/aromatic N) is 2. The fourth-order valence-electron chi connectivity index (χ4n) is 3.14. The highest BCUT2D eigenvalue weighted by molar-refractivity contribution is 5.63. The Morgan fingerprint density at radius 3 is 2.03 bits per heavy atom. The number of hydrogen-bond acceptors (Lipinski definition) is 4. The van der Waals surface area contributed by atoms with E-state index in [-0.39, 0.29) is 0 Å². The molecule has 3 rings (SSSR count). The van der Waals surface area contributed by atoms with Gasteiger partial charge in [-0.05, 0) is 48.9 Å². The minimum atomic E-state index is 0.377. The molecule has 3 aromatic rings. The van der Waals surface area contributed by atoms with Gasteiger partial charge in [-0.2, -0.15) is 0 Å². The van der Waals surface area contributed by atoms with Crippen molar-refractivity contribution in [3.05, 3.63) is 53.6 Å². The SMILES string of the molecule is C#Cc1cc(C#C)cc(-c2nnc(-c3ccc(OCCCCCCCC)cc3)o2)c1. The lowest BCUT2D eigenvalue weighted by Crippen LogP contribution is -1.97. The zero-order valence-corrected chi connectivity index (χ0v) is 17.4. The first-order valence-corrected chi connectivity index (χ1v) is 10.4. The summed E-state index contributed by atoms with van der Waals surface area (Å²) in [5.41, 5.74) is 2.88. The molecule has 0 N–H and O–H groups in total. The van der Waals surface area contributed by atoms with Gasteiger partial charge in [-0.3, -0.25) is 0 Å². The monoisotopic (exact) mass is 398 g/mol. The van der Waals surface area contributed by atoms with Crippen molar-refractivity contribution in [3.63, 3.8) is 0 Å². The molecule has 0 spiro atoms. The van der Waals surface area contributed by atoms with Gasteiger partial charge in [-0.25, -0.2) is 0 Å². The molecule has 4 nitrogen and oxygen atoms in total. The Morgan fingerprint density at radius 2 is 1.40 bits per heavy atom. The summed E-state index contributed by atoms with van der Waals surface area (Å²) < 4.78 is 11.7. The molecule has 0 saturated heterocycles. The molecule has 1 aromatic heterocycles. The van der Waals surface area contributed by atoms with E-state index in [1.165, 1.54) is 32.1 Å². The largest absolute Gasteiger partial charge is 0.494 e. The molecular formula is C26H26N2O2. The summed E-state index contributed by atoms with van der Waals surface area (Å²) >= 11 is 0. The molecular weight excluding hydrogens is 372 g/mol. The normalized spacial score (nSPS) is 10.4. The molecule has 0 atom stereocenters. The zero-order valence-electron chi connectivity index (χ0n) is 17.4. The molecule has 0 unspecified atom stereocenters. The van der Waals surface area contributed by atoms with Crippen molar-refractivity contribution >= 4 is 0 Å². The first-order valence-electron chi connectivity index (χ1n) is 10.4. The van der Waals surface area contributed by atoms with Crippen LogP contribution in [0.25, 0.3) is 22.9 Å². The fourth-order valence-corrected chi connectivity index (χ4v) is 3.14. The molecule has 1 heterocycles. The van der Waals surface area contributed by atoms with Crippen molar-refractivity contribution in [1.29, 1.82) is 0 Å². The number of ether oxygens (including phenoxy) is 1. The molecule has 2 aromatic carbocycles. The quantitative estimate of drug-likeness (QED) is 0.306.